The molecule has 0 aliphatic carbocycles. The maximum absolute atomic E-state index is 13.1. The Labute approximate surface area is 168 Å². The van der Waals surface area contributed by atoms with Gasteiger partial charge in [-0.1, -0.05) is 29.8 Å². The molecule has 1 N–H and O–H groups in total. The topological polar surface area (TPSA) is 54.5 Å². The highest BCUT2D eigenvalue weighted by molar-refractivity contribution is 6.31. The van der Waals surface area contributed by atoms with E-state index < -0.39 is 0 Å². The Balaban J connectivity index is 1.61. The highest BCUT2D eigenvalue weighted by Gasteiger charge is 2.25. The molecule has 0 saturated heterocycles. The summed E-state index contributed by atoms with van der Waals surface area (Å²) in [6.45, 7) is 2.61. The Hall–Kier alpha value is -3.05. The number of nitrogens with one attached hydrogen (secondary N) is 1. The van der Waals surface area contributed by atoms with Crippen molar-refractivity contribution in [2.75, 3.05) is 23.9 Å². The van der Waals surface area contributed by atoms with Crippen molar-refractivity contribution in [3.8, 4) is 5.75 Å². The van der Waals surface area contributed by atoms with Gasteiger partial charge < -0.3 is 15.0 Å². The molecule has 0 unspecified atom stereocenters. The SMILES string of the molecule is COc1cc(Cl)c(C)cc1Nc1cncc(C(=O)N2CCc3ccccc32)c1. The molecule has 1 aliphatic heterocycles. The maximum Gasteiger partial charge on any atom is 0.259 e. The first-order valence-electron chi connectivity index (χ1n) is 9.03. The van der Waals surface area contributed by atoms with Gasteiger partial charge in [0.2, 0.25) is 0 Å². The minimum atomic E-state index is -0.0552. The number of methoxy groups -OCH3 is 1. The summed E-state index contributed by atoms with van der Waals surface area (Å²) in [4.78, 5) is 19.1. The number of aromatic nitrogens is 1. The van der Waals surface area contributed by atoms with Crippen LogP contribution in [-0.2, 0) is 6.42 Å². The van der Waals surface area contributed by atoms with E-state index in [-0.39, 0.29) is 5.91 Å². The van der Waals surface area contributed by atoms with E-state index in [9.17, 15) is 4.79 Å². The van der Waals surface area contributed by atoms with Crippen molar-refractivity contribution in [2.24, 2.45) is 0 Å². The molecule has 0 fully saturated rings. The third kappa shape index (κ3) is 3.41. The number of para-hydroxylation sites is 1. The first-order chi connectivity index (χ1) is 13.6. The number of anilines is 3. The summed E-state index contributed by atoms with van der Waals surface area (Å²) in [6.07, 6.45) is 4.14. The molecule has 6 heteroatoms. The predicted octanol–water partition coefficient (Wildman–Crippen LogP) is 5.00. The van der Waals surface area contributed by atoms with Gasteiger partial charge in [0.25, 0.3) is 5.91 Å². The van der Waals surface area contributed by atoms with Crippen molar-refractivity contribution in [2.45, 2.75) is 13.3 Å². The van der Waals surface area contributed by atoms with Crippen molar-refractivity contribution in [1.82, 2.24) is 4.98 Å². The minimum absolute atomic E-state index is 0.0552. The number of fused-ring (bicyclic) bond motifs is 1. The summed E-state index contributed by atoms with van der Waals surface area (Å²) in [5.41, 5.74) is 5.10. The molecule has 142 valence electrons. The van der Waals surface area contributed by atoms with Crippen LogP contribution in [0, 0.1) is 6.92 Å². The normalized spacial score (nSPS) is 12.6. The number of carbonyl (C=O) groups excluding carboxylic acids is 1. The highest BCUT2D eigenvalue weighted by Crippen LogP contribution is 2.33. The molecule has 2 aromatic carbocycles. The lowest BCUT2D eigenvalue weighted by Crippen LogP contribution is -2.29. The summed E-state index contributed by atoms with van der Waals surface area (Å²) >= 11 is 6.18. The smallest absolute Gasteiger partial charge is 0.259 e. The fourth-order valence-electron chi connectivity index (χ4n) is 3.42. The van der Waals surface area contributed by atoms with Crippen LogP contribution in [0.5, 0.6) is 5.75 Å². The van der Waals surface area contributed by atoms with Crippen molar-refractivity contribution in [3.05, 3.63) is 76.6 Å². The number of ether oxygens (including phenoxy) is 1. The number of benzene rings is 2. The van der Waals surface area contributed by atoms with Crippen molar-refractivity contribution in [1.29, 1.82) is 0 Å². The van der Waals surface area contributed by atoms with E-state index in [0.29, 0.717) is 28.6 Å². The van der Waals surface area contributed by atoms with Gasteiger partial charge in [-0.3, -0.25) is 9.78 Å². The second-order valence-electron chi connectivity index (χ2n) is 6.72. The van der Waals surface area contributed by atoms with E-state index in [1.165, 1.54) is 5.56 Å². The molecule has 0 atom stereocenters. The summed E-state index contributed by atoms with van der Waals surface area (Å²) in [6, 6.07) is 13.5. The van der Waals surface area contributed by atoms with Crippen LogP contribution in [0.4, 0.5) is 17.1 Å². The Morgan fingerprint density at radius 3 is 2.86 bits per heavy atom. The number of rotatable bonds is 4. The lowest BCUT2D eigenvalue weighted by Gasteiger charge is -2.18. The van der Waals surface area contributed by atoms with Gasteiger partial charge in [0.05, 0.1) is 30.2 Å². The predicted molar refractivity (Wildman–Crippen MR) is 112 cm³/mol. The summed E-state index contributed by atoms with van der Waals surface area (Å²) in [5.74, 6) is 0.571. The first kappa shape index (κ1) is 18.3. The number of aryl methyl sites for hydroxylation is 1. The molecule has 1 amide bonds. The minimum Gasteiger partial charge on any atom is -0.495 e. The van der Waals surface area contributed by atoms with Crippen LogP contribution in [-0.4, -0.2) is 24.5 Å². The molecule has 4 rings (SSSR count). The van der Waals surface area contributed by atoms with Gasteiger partial charge in [0.1, 0.15) is 5.75 Å². The zero-order chi connectivity index (χ0) is 19.7. The zero-order valence-electron chi connectivity index (χ0n) is 15.7. The molecule has 3 aromatic rings. The number of carbonyl (C=O) groups is 1. The Morgan fingerprint density at radius 1 is 1.21 bits per heavy atom. The molecule has 0 saturated carbocycles. The van der Waals surface area contributed by atoms with Crippen LogP contribution >= 0.6 is 11.6 Å². The first-order valence-corrected chi connectivity index (χ1v) is 9.40. The van der Waals surface area contributed by atoms with Crippen molar-refractivity contribution < 1.29 is 9.53 Å². The van der Waals surface area contributed by atoms with Crippen molar-refractivity contribution in [3.63, 3.8) is 0 Å². The number of hydrogen-bond acceptors (Lipinski definition) is 4. The molecule has 1 aromatic heterocycles. The standard InChI is InChI=1S/C22H20ClN3O2/c1-14-9-19(21(28-2)11-18(14)23)25-17-10-16(12-24-13-17)22(27)26-8-7-15-5-3-4-6-20(15)26/h3-6,9-13,25H,7-8H2,1-2H3. The van der Waals surface area contributed by atoms with E-state index in [4.69, 9.17) is 16.3 Å². The fraction of sp³-hybridized carbons (Fsp3) is 0.182. The van der Waals surface area contributed by atoms with Crippen LogP contribution in [0.15, 0.2) is 54.9 Å². The lowest BCUT2D eigenvalue weighted by atomic mass is 10.1. The van der Waals surface area contributed by atoms with E-state index >= 15 is 0 Å². The average Bonchev–Trinajstić information content (AvgIpc) is 3.14. The molecule has 0 spiro atoms. The monoisotopic (exact) mass is 393 g/mol. The largest absolute Gasteiger partial charge is 0.495 e. The maximum atomic E-state index is 13.1. The summed E-state index contributed by atoms with van der Waals surface area (Å²) in [7, 11) is 1.59. The van der Waals surface area contributed by atoms with Gasteiger partial charge in [-0.2, -0.15) is 0 Å². The van der Waals surface area contributed by atoms with E-state index in [1.807, 2.05) is 36.1 Å². The summed E-state index contributed by atoms with van der Waals surface area (Å²) < 4.78 is 5.41. The molecule has 0 radical (unpaired) electrons. The van der Waals surface area contributed by atoms with Gasteiger partial charge in [0, 0.05) is 29.5 Å². The lowest BCUT2D eigenvalue weighted by molar-refractivity contribution is 0.0989. The van der Waals surface area contributed by atoms with E-state index in [2.05, 4.69) is 16.4 Å². The third-order valence-electron chi connectivity index (χ3n) is 4.88. The van der Waals surface area contributed by atoms with Crippen molar-refractivity contribution >= 4 is 34.6 Å². The quantitative estimate of drug-likeness (QED) is 0.677. The van der Waals surface area contributed by atoms with Crippen LogP contribution in [0.1, 0.15) is 21.5 Å². The number of hydrogen-bond donors (Lipinski definition) is 1. The number of amides is 1. The average molecular weight is 394 g/mol. The molecule has 5 nitrogen and oxygen atoms in total. The summed E-state index contributed by atoms with van der Waals surface area (Å²) in [5, 5.41) is 3.92. The van der Waals surface area contributed by atoms with Gasteiger partial charge in [0.15, 0.2) is 0 Å². The van der Waals surface area contributed by atoms with Gasteiger partial charge in [-0.15, -0.1) is 0 Å². The Kier molecular flexibility index (Phi) is 4.92. The highest BCUT2D eigenvalue weighted by atomic mass is 35.5. The molecule has 28 heavy (non-hydrogen) atoms. The van der Waals surface area contributed by atoms with Crippen LogP contribution in [0.25, 0.3) is 0 Å². The number of pyridine rings is 1. The zero-order valence-corrected chi connectivity index (χ0v) is 16.5. The van der Waals surface area contributed by atoms with E-state index in [0.717, 1.165) is 23.4 Å². The molecular formula is C22H20ClN3O2. The fourth-order valence-corrected chi connectivity index (χ4v) is 3.57. The van der Waals surface area contributed by atoms with Crippen LogP contribution < -0.4 is 15.0 Å². The second-order valence-corrected chi connectivity index (χ2v) is 7.13. The Morgan fingerprint density at radius 2 is 2.04 bits per heavy atom. The molecular weight excluding hydrogens is 374 g/mol. The van der Waals surface area contributed by atoms with Gasteiger partial charge in [-0.25, -0.2) is 0 Å². The third-order valence-corrected chi connectivity index (χ3v) is 5.28. The molecule has 1 aliphatic rings. The Bertz CT molecular complexity index is 1050. The molecule has 0 bridgehead atoms. The second kappa shape index (κ2) is 7.52. The van der Waals surface area contributed by atoms with Gasteiger partial charge >= 0.3 is 0 Å². The van der Waals surface area contributed by atoms with Gasteiger partial charge in [-0.05, 0) is 42.7 Å². The molecule has 2 heterocycles. The van der Waals surface area contributed by atoms with Crippen LogP contribution in [0.3, 0.4) is 0 Å². The number of nitrogens with zero attached hydrogens (tertiary/aromatic N) is 2. The van der Waals surface area contributed by atoms with E-state index in [1.54, 1.807) is 31.6 Å². The van der Waals surface area contributed by atoms with Crippen LogP contribution in [0.2, 0.25) is 5.02 Å². The number of halogens is 1.